The third-order valence-electron chi connectivity index (χ3n) is 6.26. The van der Waals surface area contributed by atoms with Gasteiger partial charge in [-0.05, 0) is 35.2 Å². The number of hydrogen-bond acceptors (Lipinski definition) is 2. The fourth-order valence-corrected chi connectivity index (χ4v) is 4.41. The van der Waals surface area contributed by atoms with Gasteiger partial charge in [-0.2, -0.15) is 0 Å². The second-order valence-electron chi connectivity index (χ2n) is 8.51. The average Bonchev–Trinajstić information content (AvgIpc) is 3.22. The van der Waals surface area contributed by atoms with E-state index in [1.807, 2.05) is 6.07 Å². The third kappa shape index (κ3) is 5.37. The summed E-state index contributed by atoms with van der Waals surface area (Å²) in [4.78, 5) is 15.4. The van der Waals surface area contributed by atoms with Gasteiger partial charge in [-0.25, -0.2) is 0 Å². The molecule has 1 amide bonds. The van der Waals surface area contributed by atoms with Gasteiger partial charge in [-0.15, -0.1) is 0 Å². The normalized spacial score (nSPS) is 21.8. The molecule has 2 heterocycles. The van der Waals surface area contributed by atoms with Crippen LogP contribution in [0.5, 0.6) is 5.75 Å². The quantitative estimate of drug-likeness (QED) is 0.610. The predicted molar refractivity (Wildman–Crippen MR) is 113 cm³/mol. The molecule has 2 aromatic rings. The van der Waals surface area contributed by atoms with E-state index in [-0.39, 0.29) is 5.91 Å². The number of piperazine rings is 1. The number of nitrogens with one attached hydrogen (secondary N) is 3. The van der Waals surface area contributed by atoms with Crippen molar-refractivity contribution in [2.45, 2.75) is 25.8 Å². The highest BCUT2D eigenvalue weighted by Gasteiger charge is 2.25. The Bertz CT molecular complexity index is 816. The van der Waals surface area contributed by atoms with Crippen LogP contribution in [-0.2, 0) is 17.8 Å². The van der Waals surface area contributed by atoms with Gasteiger partial charge in [0, 0.05) is 18.5 Å². The summed E-state index contributed by atoms with van der Waals surface area (Å²) in [6.45, 7) is 9.71. The first-order valence-electron chi connectivity index (χ1n) is 10.9. The molecule has 0 radical (unpaired) electrons. The Morgan fingerprint density at radius 2 is 1.83 bits per heavy atom. The molecule has 154 valence electrons. The number of amides is 1. The summed E-state index contributed by atoms with van der Waals surface area (Å²) < 4.78 is 5.61. The molecule has 0 aromatic heterocycles. The molecule has 0 spiro atoms. The van der Waals surface area contributed by atoms with Crippen molar-refractivity contribution >= 4 is 5.91 Å². The summed E-state index contributed by atoms with van der Waals surface area (Å²) in [5.41, 5.74) is 4.03. The molecule has 1 fully saturated rings. The summed E-state index contributed by atoms with van der Waals surface area (Å²) >= 11 is 0. The lowest BCUT2D eigenvalue weighted by molar-refractivity contribution is -1.02. The molecule has 3 N–H and O–H groups in total. The van der Waals surface area contributed by atoms with E-state index in [0.29, 0.717) is 19.0 Å². The van der Waals surface area contributed by atoms with Gasteiger partial charge in [0.15, 0.2) is 6.54 Å². The first kappa shape index (κ1) is 19.9. The lowest BCUT2D eigenvalue weighted by Crippen LogP contribution is -3.28. The van der Waals surface area contributed by atoms with E-state index < -0.39 is 0 Å². The molecule has 0 aliphatic carbocycles. The summed E-state index contributed by atoms with van der Waals surface area (Å²) in [6.07, 6.45) is 1.04. The zero-order valence-corrected chi connectivity index (χ0v) is 17.4. The number of hydrogen-bond donors (Lipinski definition) is 3. The lowest BCUT2D eigenvalue weighted by Gasteiger charge is -2.29. The number of carbonyl (C=O) groups excluding carboxylic acids is 1. The first-order chi connectivity index (χ1) is 14.2. The Labute approximate surface area is 173 Å². The number of quaternary nitrogens is 2. The van der Waals surface area contributed by atoms with Crippen LogP contribution in [0.2, 0.25) is 0 Å². The molecule has 2 aliphatic heterocycles. The van der Waals surface area contributed by atoms with Crippen LogP contribution >= 0.6 is 0 Å². The van der Waals surface area contributed by atoms with E-state index in [2.05, 4.69) is 54.7 Å². The SMILES string of the molecule is C[C@@H](CNC(=O)C[NH+]1CC[NH+](Cc2ccc3c(c2)CCO3)CC1)c1ccccc1. The first-order valence-corrected chi connectivity index (χ1v) is 10.9. The molecule has 4 rings (SSSR count). The van der Waals surface area contributed by atoms with Crippen molar-refractivity contribution in [2.24, 2.45) is 0 Å². The third-order valence-corrected chi connectivity index (χ3v) is 6.26. The summed E-state index contributed by atoms with van der Waals surface area (Å²) in [5.74, 6) is 1.57. The average molecular weight is 396 g/mol. The van der Waals surface area contributed by atoms with Crippen LogP contribution in [-0.4, -0.2) is 51.8 Å². The van der Waals surface area contributed by atoms with Gasteiger partial charge in [-0.3, -0.25) is 4.79 Å². The van der Waals surface area contributed by atoms with Gasteiger partial charge in [0.1, 0.15) is 38.5 Å². The molecule has 1 atom stereocenters. The standard InChI is InChI=1S/C24H31N3O2/c1-19(21-5-3-2-4-6-21)16-25-24(28)18-27-12-10-26(11-13-27)17-20-7-8-23-22(15-20)9-14-29-23/h2-8,15,19H,9-14,16-18H2,1H3,(H,25,28)/p+2/t19-/m0/s1. The molecular weight excluding hydrogens is 362 g/mol. The fourth-order valence-electron chi connectivity index (χ4n) is 4.41. The lowest BCUT2D eigenvalue weighted by atomic mass is 10.0. The minimum atomic E-state index is 0.171. The maximum Gasteiger partial charge on any atom is 0.275 e. The van der Waals surface area contributed by atoms with Crippen molar-refractivity contribution in [1.82, 2.24) is 5.32 Å². The van der Waals surface area contributed by atoms with Crippen molar-refractivity contribution in [3.8, 4) is 5.75 Å². The highest BCUT2D eigenvalue weighted by molar-refractivity contribution is 5.76. The van der Waals surface area contributed by atoms with E-state index >= 15 is 0 Å². The molecule has 29 heavy (non-hydrogen) atoms. The second-order valence-corrected chi connectivity index (χ2v) is 8.51. The van der Waals surface area contributed by atoms with Crippen LogP contribution in [0.3, 0.4) is 0 Å². The minimum absolute atomic E-state index is 0.171. The molecule has 0 saturated carbocycles. The number of carbonyl (C=O) groups is 1. The van der Waals surface area contributed by atoms with Gasteiger partial charge in [0.25, 0.3) is 5.91 Å². The molecule has 5 nitrogen and oxygen atoms in total. The Morgan fingerprint density at radius 3 is 2.62 bits per heavy atom. The van der Waals surface area contributed by atoms with Crippen molar-refractivity contribution in [3.63, 3.8) is 0 Å². The Morgan fingerprint density at radius 1 is 1.07 bits per heavy atom. The Kier molecular flexibility index (Phi) is 6.47. The van der Waals surface area contributed by atoms with Gasteiger partial charge >= 0.3 is 0 Å². The molecular formula is C24H33N3O2+2. The number of ether oxygens (including phenoxy) is 1. The summed E-state index contributed by atoms with van der Waals surface area (Å²) in [6, 6.07) is 17.0. The highest BCUT2D eigenvalue weighted by atomic mass is 16.5. The number of rotatable bonds is 7. The zero-order valence-electron chi connectivity index (χ0n) is 17.4. The highest BCUT2D eigenvalue weighted by Crippen LogP contribution is 2.25. The van der Waals surface area contributed by atoms with Gasteiger partial charge in [-0.1, -0.05) is 37.3 Å². The van der Waals surface area contributed by atoms with Crippen molar-refractivity contribution in [3.05, 3.63) is 65.2 Å². The zero-order chi connectivity index (χ0) is 20.1. The van der Waals surface area contributed by atoms with Crippen LogP contribution in [0, 0.1) is 0 Å². The number of benzene rings is 2. The number of fused-ring (bicyclic) bond motifs is 1. The van der Waals surface area contributed by atoms with Crippen molar-refractivity contribution < 1.29 is 19.3 Å². The van der Waals surface area contributed by atoms with Crippen LogP contribution in [0.4, 0.5) is 0 Å². The van der Waals surface area contributed by atoms with Crippen LogP contribution in [0.25, 0.3) is 0 Å². The van der Waals surface area contributed by atoms with Crippen LogP contribution in [0.1, 0.15) is 29.5 Å². The van der Waals surface area contributed by atoms with E-state index in [4.69, 9.17) is 4.74 Å². The van der Waals surface area contributed by atoms with Crippen LogP contribution in [0.15, 0.2) is 48.5 Å². The van der Waals surface area contributed by atoms with E-state index in [1.54, 1.807) is 4.90 Å². The molecule has 0 bridgehead atoms. The largest absolute Gasteiger partial charge is 0.493 e. The topological polar surface area (TPSA) is 47.2 Å². The molecule has 0 unspecified atom stereocenters. The molecule has 1 saturated heterocycles. The smallest absolute Gasteiger partial charge is 0.275 e. The maximum absolute atomic E-state index is 12.4. The van der Waals surface area contributed by atoms with E-state index in [1.165, 1.54) is 21.6 Å². The van der Waals surface area contributed by atoms with Gasteiger partial charge in [0.2, 0.25) is 0 Å². The van der Waals surface area contributed by atoms with Gasteiger partial charge in [0.05, 0.1) is 6.61 Å². The van der Waals surface area contributed by atoms with E-state index in [0.717, 1.165) is 51.5 Å². The molecule has 2 aromatic carbocycles. The molecule has 5 heteroatoms. The maximum atomic E-state index is 12.4. The van der Waals surface area contributed by atoms with Crippen molar-refractivity contribution in [1.29, 1.82) is 0 Å². The monoisotopic (exact) mass is 395 g/mol. The van der Waals surface area contributed by atoms with E-state index in [9.17, 15) is 4.79 Å². The second kappa shape index (κ2) is 9.42. The molecule has 2 aliphatic rings. The van der Waals surface area contributed by atoms with Crippen LogP contribution < -0.4 is 19.9 Å². The summed E-state index contributed by atoms with van der Waals surface area (Å²) in [5, 5.41) is 3.12. The Hall–Kier alpha value is -2.37. The van der Waals surface area contributed by atoms with Crippen molar-refractivity contribution in [2.75, 3.05) is 45.9 Å². The fraction of sp³-hybridized carbons (Fsp3) is 0.458. The Balaban J connectivity index is 1.17. The minimum Gasteiger partial charge on any atom is -0.493 e. The predicted octanol–water partition coefficient (Wildman–Crippen LogP) is -0.175. The van der Waals surface area contributed by atoms with Gasteiger partial charge < -0.3 is 19.9 Å². The summed E-state index contributed by atoms with van der Waals surface area (Å²) in [7, 11) is 0.